The van der Waals surface area contributed by atoms with E-state index in [0.717, 1.165) is 17.0 Å². The van der Waals surface area contributed by atoms with Crippen LogP contribution in [0.2, 0.25) is 0 Å². The van der Waals surface area contributed by atoms with Crippen LogP contribution in [0.1, 0.15) is 28.5 Å². The van der Waals surface area contributed by atoms with Gasteiger partial charge in [0.1, 0.15) is 9.22 Å². The number of nitrogens with zero attached hydrogens (tertiary/aromatic N) is 1. The molecule has 0 saturated heterocycles. The van der Waals surface area contributed by atoms with Crippen molar-refractivity contribution in [1.29, 1.82) is 0 Å². The number of hydrogen-bond donors (Lipinski definition) is 2. The highest BCUT2D eigenvalue weighted by molar-refractivity contribution is 7.91. The normalized spacial score (nSPS) is 13.2. The van der Waals surface area contributed by atoms with Gasteiger partial charge in [0.15, 0.2) is 0 Å². The molecule has 0 amide bonds. The van der Waals surface area contributed by atoms with E-state index in [4.69, 9.17) is 5.11 Å². The Hall–Kier alpha value is -1.29. The molecular weight excluding hydrogens is 332 g/mol. The summed E-state index contributed by atoms with van der Waals surface area (Å²) in [7, 11) is -3.67. The van der Waals surface area contributed by atoms with Crippen molar-refractivity contribution in [2.75, 3.05) is 0 Å². The number of sulfonamides is 1. The molecule has 0 fully saturated rings. The standard InChI is InChI=1S/C12H14N2O4S3/c1-7-6-19-12(13-7)8(2)14-21(17,18)11-4-3-9(20-11)5-10(15)16/h3-4,6,8,14H,5H2,1-2H3,(H,15,16). The van der Waals surface area contributed by atoms with Crippen LogP contribution in [0.5, 0.6) is 0 Å². The van der Waals surface area contributed by atoms with Gasteiger partial charge >= 0.3 is 5.97 Å². The molecule has 0 aliphatic heterocycles. The van der Waals surface area contributed by atoms with Gasteiger partial charge in [0, 0.05) is 16.0 Å². The van der Waals surface area contributed by atoms with Crippen LogP contribution >= 0.6 is 22.7 Å². The molecule has 1 unspecified atom stereocenters. The molecule has 0 spiro atoms. The summed E-state index contributed by atoms with van der Waals surface area (Å²) in [6, 6.07) is 2.51. The minimum absolute atomic E-state index is 0.110. The minimum Gasteiger partial charge on any atom is -0.481 e. The molecule has 2 heterocycles. The molecule has 2 N–H and O–H groups in total. The number of aryl methyl sites for hydroxylation is 1. The maximum atomic E-state index is 12.3. The predicted molar refractivity (Wildman–Crippen MR) is 81.2 cm³/mol. The molecule has 0 bridgehead atoms. The Balaban J connectivity index is 2.14. The van der Waals surface area contributed by atoms with Gasteiger partial charge < -0.3 is 5.11 Å². The van der Waals surface area contributed by atoms with Gasteiger partial charge in [-0.05, 0) is 26.0 Å². The minimum atomic E-state index is -3.67. The maximum Gasteiger partial charge on any atom is 0.308 e. The van der Waals surface area contributed by atoms with E-state index in [-0.39, 0.29) is 10.6 Å². The molecular formula is C12H14N2O4S3. The van der Waals surface area contributed by atoms with Gasteiger partial charge in [-0.3, -0.25) is 4.79 Å². The van der Waals surface area contributed by atoms with Gasteiger partial charge in [-0.15, -0.1) is 22.7 Å². The quantitative estimate of drug-likeness (QED) is 0.836. The number of hydrogen-bond acceptors (Lipinski definition) is 6. The third kappa shape index (κ3) is 4.10. The van der Waals surface area contributed by atoms with Crippen molar-refractivity contribution in [3.8, 4) is 0 Å². The first kappa shape index (κ1) is 16.1. The second kappa shape index (κ2) is 6.22. The maximum absolute atomic E-state index is 12.3. The Morgan fingerprint density at radius 3 is 2.76 bits per heavy atom. The van der Waals surface area contributed by atoms with Crippen molar-refractivity contribution in [3.05, 3.63) is 33.1 Å². The molecule has 2 rings (SSSR count). The highest BCUT2D eigenvalue weighted by atomic mass is 32.2. The zero-order valence-corrected chi connectivity index (χ0v) is 13.8. The van der Waals surface area contributed by atoms with E-state index in [1.54, 1.807) is 6.92 Å². The fraction of sp³-hybridized carbons (Fsp3) is 0.333. The van der Waals surface area contributed by atoms with Crippen molar-refractivity contribution >= 4 is 38.7 Å². The summed E-state index contributed by atoms with van der Waals surface area (Å²) in [5.74, 6) is -0.986. The largest absolute Gasteiger partial charge is 0.481 e. The zero-order chi connectivity index (χ0) is 15.6. The zero-order valence-electron chi connectivity index (χ0n) is 11.4. The molecule has 21 heavy (non-hydrogen) atoms. The molecule has 2 aromatic heterocycles. The predicted octanol–water partition coefficient (Wildman–Crippen LogP) is 2.18. The highest BCUT2D eigenvalue weighted by Gasteiger charge is 2.22. The number of aliphatic carboxylic acids is 1. The molecule has 0 aliphatic rings. The Morgan fingerprint density at radius 1 is 1.48 bits per heavy atom. The van der Waals surface area contributed by atoms with Crippen molar-refractivity contribution in [3.63, 3.8) is 0 Å². The lowest BCUT2D eigenvalue weighted by molar-refractivity contribution is -0.136. The first-order valence-corrected chi connectivity index (χ1v) is 9.21. The number of thiophene rings is 1. The molecule has 0 saturated carbocycles. The number of carboxylic acids is 1. The van der Waals surface area contributed by atoms with Crippen LogP contribution in [0.15, 0.2) is 21.7 Å². The van der Waals surface area contributed by atoms with Crippen molar-refractivity contribution in [2.45, 2.75) is 30.5 Å². The SMILES string of the molecule is Cc1csc(C(C)NS(=O)(=O)c2ccc(CC(=O)O)s2)n1. The van der Waals surface area contributed by atoms with Gasteiger partial charge in [-0.2, -0.15) is 0 Å². The van der Waals surface area contributed by atoms with Crippen LogP contribution < -0.4 is 4.72 Å². The second-order valence-corrected chi connectivity index (χ2v) is 8.46. The fourth-order valence-corrected chi connectivity index (χ4v) is 5.11. The van der Waals surface area contributed by atoms with Crippen LogP contribution in [0.25, 0.3) is 0 Å². The second-order valence-electron chi connectivity index (χ2n) is 4.46. The van der Waals surface area contributed by atoms with E-state index >= 15 is 0 Å². The van der Waals surface area contributed by atoms with E-state index in [1.807, 2.05) is 12.3 Å². The smallest absolute Gasteiger partial charge is 0.308 e. The molecule has 0 aromatic carbocycles. The average Bonchev–Trinajstić information content (AvgIpc) is 2.97. The van der Waals surface area contributed by atoms with Crippen molar-refractivity contribution in [2.24, 2.45) is 0 Å². The number of rotatable bonds is 6. The topological polar surface area (TPSA) is 96.4 Å². The molecule has 2 aromatic rings. The lowest BCUT2D eigenvalue weighted by Gasteiger charge is -2.10. The summed E-state index contributed by atoms with van der Waals surface area (Å²) < 4.78 is 27.2. The van der Waals surface area contributed by atoms with Crippen LogP contribution in [-0.2, 0) is 21.2 Å². The van der Waals surface area contributed by atoms with Gasteiger partial charge in [0.05, 0.1) is 12.5 Å². The van der Waals surface area contributed by atoms with Crippen molar-refractivity contribution in [1.82, 2.24) is 9.71 Å². The lowest BCUT2D eigenvalue weighted by Crippen LogP contribution is -2.26. The average molecular weight is 346 g/mol. The molecule has 0 radical (unpaired) electrons. The highest BCUT2D eigenvalue weighted by Crippen LogP contribution is 2.25. The van der Waals surface area contributed by atoms with Crippen molar-refractivity contribution < 1.29 is 18.3 Å². The number of aromatic nitrogens is 1. The molecule has 1 atom stereocenters. The Labute approximate surface area is 130 Å². The number of carbonyl (C=O) groups is 1. The van der Waals surface area contributed by atoms with Crippen LogP contribution in [0.3, 0.4) is 0 Å². The van der Waals surface area contributed by atoms with E-state index in [0.29, 0.717) is 9.88 Å². The van der Waals surface area contributed by atoms with E-state index < -0.39 is 22.0 Å². The summed E-state index contributed by atoms with van der Waals surface area (Å²) in [6.45, 7) is 3.57. The third-order valence-electron chi connectivity index (χ3n) is 2.57. The molecule has 0 aliphatic carbocycles. The summed E-state index contributed by atoms with van der Waals surface area (Å²) in [5.41, 5.74) is 0.848. The third-order valence-corrected chi connectivity index (χ3v) is 6.83. The Bertz CT molecular complexity index is 748. The lowest BCUT2D eigenvalue weighted by atomic mass is 10.3. The van der Waals surface area contributed by atoms with Crippen LogP contribution in [0, 0.1) is 6.92 Å². The fourth-order valence-electron chi connectivity index (χ4n) is 1.66. The van der Waals surface area contributed by atoms with E-state index in [9.17, 15) is 13.2 Å². The first-order valence-electron chi connectivity index (χ1n) is 6.03. The Kier molecular flexibility index (Phi) is 4.77. The molecule has 6 nitrogen and oxygen atoms in total. The summed E-state index contributed by atoms with van der Waals surface area (Å²) >= 11 is 2.36. The van der Waals surface area contributed by atoms with Gasteiger partial charge in [-0.1, -0.05) is 0 Å². The summed E-state index contributed by atoms with van der Waals surface area (Å²) in [5, 5.41) is 11.3. The van der Waals surface area contributed by atoms with Crippen LogP contribution in [-0.4, -0.2) is 24.5 Å². The summed E-state index contributed by atoms with van der Waals surface area (Å²) in [4.78, 5) is 15.4. The number of thiazole rings is 1. The van der Waals surface area contributed by atoms with Crippen LogP contribution in [0.4, 0.5) is 0 Å². The monoisotopic (exact) mass is 346 g/mol. The molecule has 9 heteroatoms. The Morgan fingerprint density at radius 2 is 2.19 bits per heavy atom. The van der Waals surface area contributed by atoms with E-state index in [2.05, 4.69) is 9.71 Å². The summed E-state index contributed by atoms with van der Waals surface area (Å²) in [6.07, 6.45) is -0.179. The number of carboxylic acid groups (broad SMARTS) is 1. The molecule has 114 valence electrons. The van der Waals surface area contributed by atoms with Gasteiger partial charge in [0.2, 0.25) is 0 Å². The number of nitrogens with one attached hydrogen (secondary N) is 1. The van der Waals surface area contributed by atoms with Gasteiger partial charge in [0.25, 0.3) is 10.0 Å². The van der Waals surface area contributed by atoms with E-state index in [1.165, 1.54) is 23.5 Å². The van der Waals surface area contributed by atoms with Gasteiger partial charge in [-0.25, -0.2) is 18.1 Å². The first-order chi connectivity index (χ1) is 9.78.